The predicted molar refractivity (Wildman–Crippen MR) is 154 cm³/mol. The Bertz CT molecular complexity index is 1900. The highest BCUT2D eigenvalue weighted by Gasteiger charge is 2.31. The first-order valence-corrected chi connectivity index (χ1v) is 13.2. The van der Waals surface area contributed by atoms with Crippen LogP contribution in [0.5, 0.6) is 23.0 Å². The zero-order valence-corrected chi connectivity index (χ0v) is 22.9. The van der Waals surface area contributed by atoms with E-state index in [2.05, 4.69) is 6.07 Å². The van der Waals surface area contributed by atoms with Crippen LogP contribution in [0.15, 0.2) is 101 Å². The molecule has 0 fully saturated rings. The number of fused-ring (bicyclic) bond motifs is 2. The number of allylic oxidation sites excluding steroid dienone is 1. The molecule has 7 nitrogen and oxygen atoms in total. The van der Waals surface area contributed by atoms with Crippen LogP contribution in [-0.2, 0) is 0 Å². The summed E-state index contributed by atoms with van der Waals surface area (Å²) in [5, 5.41) is 11.3. The van der Waals surface area contributed by atoms with Gasteiger partial charge in [0.15, 0.2) is 0 Å². The maximum absolute atomic E-state index is 13.1. The normalized spacial score (nSPS) is 14.2. The Morgan fingerprint density at radius 1 is 0.951 bits per heavy atom. The number of nitrogens with two attached hydrogens (primary N) is 1. The second-order valence-corrected chi connectivity index (χ2v) is 10.1. The summed E-state index contributed by atoms with van der Waals surface area (Å²) < 4.78 is 23.3. The molecular weight excluding hydrogens is 540 g/mol. The highest BCUT2D eigenvalue weighted by Crippen LogP contribution is 2.44. The molecule has 0 saturated heterocycles. The van der Waals surface area contributed by atoms with Crippen molar-refractivity contribution in [2.45, 2.75) is 19.8 Å². The number of halogens is 1. The number of benzene rings is 4. The molecule has 0 bridgehead atoms. The molecule has 8 heteroatoms. The van der Waals surface area contributed by atoms with E-state index in [9.17, 15) is 10.1 Å². The number of ether oxygens (including phenoxy) is 3. The van der Waals surface area contributed by atoms with Gasteiger partial charge in [-0.05, 0) is 67.4 Å². The third-order valence-electron chi connectivity index (χ3n) is 6.97. The summed E-state index contributed by atoms with van der Waals surface area (Å²) in [5.74, 6) is 0.789. The first-order valence-electron chi connectivity index (χ1n) is 12.8. The molecule has 0 spiro atoms. The van der Waals surface area contributed by atoms with Gasteiger partial charge in [-0.25, -0.2) is 4.79 Å². The minimum Gasteiger partial charge on any atom is -0.457 e. The van der Waals surface area contributed by atoms with E-state index in [0.717, 1.165) is 16.5 Å². The van der Waals surface area contributed by atoms with Crippen LogP contribution in [0, 0.1) is 25.2 Å². The van der Waals surface area contributed by atoms with Gasteiger partial charge in [0, 0.05) is 27.6 Å². The van der Waals surface area contributed by atoms with E-state index in [1.54, 1.807) is 37.3 Å². The van der Waals surface area contributed by atoms with Gasteiger partial charge in [-0.3, -0.25) is 0 Å². The van der Waals surface area contributed by atoms with Crippen LogP contribution in [-0.4, -0.2) is 5.97 Å². The van der Waals surface area contributed by atoms with Crippen LogP contribution in [0.4, 0.5) is 0 Å². The van der Waals surface area contributed by atoms with E-state index in [-0.39, 0.29) is 23.0 Å². The van der Waals surface area contributed by atoms with Crippen LogP contribution in [0.1, 0.15) is 38.7 Å². The molecule has 202 valence electrons. The van der Waals surface area contributed by atoms with Crippen molar-refractivity contribution in [3.8, 4) is 29.1 Å². The van der Waals surface area contributed by atoms with Crippen molar-refractivity contribution in [1.82, 2.24) is 0 Å². The maximum Gasteiger partial charge on any atom is 0.379 e. The zero-order valence-electron chi connectivity index (χ0n) is 22.1. The van der Waals surface area contributed by atoms with E-state index >= 15 is 0 Å². The molecule has 0 amide bonds. The number of rotatable bonds is 5. The van der Waals surface area contributed by atoms with Gasteiger partial charge < -0.3 is 24.4 Å². The van der Waals surface area contributed by atoms with Gasteiger partial charge in [-0.2, -0.15) is 5.26 Å². The molecule has 1 aliphatic heterocycles. The number of furan rings is 1. The maximum atomic E-state index is 13.1. The van der Waals surface area contributed by atoms with Gasteiger partial charge in [0.2, 0.25) is 11.6 Å². The lowest BCUT2D eigenvalue weighted by molar-refractivity contribution is 0.0702. The number of hydrogen-bond donors (Lipinski definition) is 1. The summed E-state index contributed by atoms with van der Waals surface area (Å²) in [7, 11) is 0. The molecule has 0 saturated carbocycles. The van der Waals surface area contributed by atoms with Crippen LogP contribution < -0.4 is 19.9 Å². The monoisotopic (exact) mass is 562 g/mol. The second-order valence-electron chi connectivity index (χ2n) is 9.66. The Balaban J connectivity index is 1.31. The molecule has 4 aromatic carbocycles. The Morgan fingerprint density at radius 3 is 2.51 bits per heavy atom. The molecule has 1 unspecified atom stereocenters. The van der Waals surface area contributed by atoms with Crippen molar-refractivity contribution in [2.24, 2.45) is 5.73 Å². The molecule has 1 atom stereocenters. The molecule has 0 aliphatic carbocycles. The molecule has 0 radical (unpaired) electrons. The van der Waals surface area contributed by atoms with Crippen molar-refractivity contribution in [2.75, 3.05) is 0 Å². The first-order chi connectivity index (χ1) is 19.8. The van der Waals surface area contributed by atoms with Gasteiger partial charge in [0.05, 0.1) is 5.92 Å². The van der Waals surface area contributed by atoms with Crippen LogP contribution in [0.2, 0.25) is 5.02 Å². The average Bonchev–Trinajstić information content (AvgIpc) is 3.28. The van der Waals surface area contributed by atoms with Crippen molar-refractivity contribution in [3.63, 3.8) is 0 Å². The van der Waals surface area contributed by atoms with Crippen molar-refractivity contribution in [1.29, 1.82) is 5.26 Å². The van der Waals surface area contributed by atoms with E-state index in [1.165, 1.54) is 0 Å². The SMILES string of the molecule is Cc1cc2oc(C(=O)Oc3ccc4c(c3)OC(N)=C(C#N)C4c3cccc(Oc4ccccc4)c3)c(C)c2cc1Cl. The fourth-order valence-corrected chi connectivity index (χ4v) is 5.08. The third kappa shape index (κ3) is 4.86. The van der Waals surface area contributed by atoms with Gasteiger partial charge in [-0.15, -0.1) is 0 Å². The third-order valence-corrected chi connectivity index (χ3v) is 7.38. The summed E-state index contributed by atoms with van der Waals surface area (Å²) in [6, 6.07) is 27.6. The quantitative estimate of drug-likeness (QED) is 0.171. The average molecular weight is 563 g/mol. The number of esters is 1. The fraction of sp³-hybridized carbons (Fsp3) is 0.0909. The Kier molecular flexibility index (Phi) is 6.62. The van der Waals surface area contributed by atoms with Crippen molar-refractivity contribution in [3.05, 3.63) is 129 Å². The van der Waals surface area contributed by atoms with E-state index in [4.69, 9.17) is 36.0 Å². The van der Waals surface area contributed by atoms with Crippen LogP contribution in [0.3, 0.4) is 0 Å². The fourth-order valence-electron chi connectivity index (χ4n) is 4.91. The van der Waals surface area contributed by atoms with E-state index < -0.39 is 11.9 Å². The highest BCUT2D eigenvalue weighted by molar-refractivity contribution is 6.32. The first kappa shape index (κ1) is 26.1. The Hall–Kier alpha value is -5.19. The molecule has 5 aromatic rings. The second kappa shape index (κ2) is 10.4. The zero-order chi connectivity index (χ0) is 28.7. The lowest BCUT2D eigenvalue weighted by atomic mass is 9.83. The standard InChI is InChI=1S/C33H23ClN2O5/c1-18-13-28-25(16-27(18)34)19(2)31(40-28)33(37)39-23-11-12-24-29(15-23)41-32(36)26(17-35)30(24)20-7-6-10-22(14-20)38-21-8-4-3-5-9-21/h3-16,30H,36H2,1-2H3. The number of hydrogen-bond acceptors (Lipinski definition) is 7. The lowest BCUT2D eigenvalue weighted by Gasteiger charge is -2.27. The summed E-state index contributed by atoms with van der Waals surface area (Å²) in [6.45, 7) is 3.64. The number of para-hydroxylation sites is 1. The number of carbonyl (C=O) groups is 1. The highest BCUT2D eigenvalue weighted by atomic mass is 35.5. The Labute approximate surface area is 240 Å². The number of nitriles is 1. The van der Waals surface area contributed by atoms with Gasteiger partial charge in [0.1, 0.15) is 40.2 Å². The van der Waals surface area contributed by atoms with Crippen molar-refractivity contribution >= 4 is 28.5 Å². The lowest BCUT2D eigenvalue weighted by Crippen LogP contribution is -2.21. The molecule has 1 aromatic heterocycles. The Morgan fingerprint density at radius 2 is 1.73 bits per heavy atom. The molecule has 2 N–H and O–H groups in total. The largest absolute Gasteiger partial charge is 0.457 e. The van der Waals surface area contributed by atoms with Gasteiger partial charge in [-0.1, -0.05) is 48.0 Å². The number of carbonyl (C=O) groups excluding carboxylic acids is 1. The summed E-state index contributed by atoms with van der Waals surface area (Å²) >= 11 is 6.27. The topological polar surface area (TPSA) is 108 Å². The molecule has 41 heavy (non-hydrogen) atoms. The number of nitrogens with zero attached hydrogens (tertiary/aromatic N) is 1. The van der Waals surface area contributed by atoms with Crippen LogP contribution >= 0.6 is 11.6 Å². The van der Waals surface area contributed by atoms with E-state index in [0.29, 0.717) is 39.0 Å². The minimum absolute atomic E-state index is 0.0248. The summed E-state index contributed by atoms with van der Waals surface area (Å²) in [5.41, 5.74) is 9.97. The molecule has 6 rings (SSSR count). The molecular formula is C33H23ClN2O5. The predicted octanol–water partition coefficient (Wildman–Crippen LogP) is 7.93. The summed E-state index contributed by atoms with van der Waals surface area (Å²) in [4.78, 5) is 13.1. The van der Waals surface area contributed by atoms with Gasteiger partial charge in [0.25, 0.3) is 0 Å². The van der Waals surface area contributed by atoms with Crippen molar-refractivity contribution < 1.29 is 23.4 Å². The summed E-state index contributed by atoms with van der Waals surface area (Å²) in [6.07, 6.45) is 0. The van der Waals surface area contributed by atoms with Gasteiger partial charge >= 0.3 is 5.97 Å². The number of aryl methyl sites for hydroxylation is 2. The minimum atomic E-state index is -0.660. The molecule has 1 aliphatic rings. The van der Waals surface area contributed by atoms with Crippen LogP contribution in [0.25, 0.3) is 11.0 Å². The molecule has 2 heterocycles. The van der Waals surface area contributed by atoms with E-state index in [1.807, 2.05) is 61.5 Å². The smallest absolute Gasteiger partial charge is 0.379 e.